The summed E-state index contributed by atoms with van der Waals surface area (Å²) in [5.41, 5.74) is 1.06. The van der Waals surface area contributed by atoms with Crippen molar-refractivity contribution in [1.82, 2.24) is 5.32 Å². The molecule has 1 aromatic carbocycles. The zero-order chi connectivity index (χ0) is 13.5. The van der Waals surface area contributed by atoms with E-state index in [9.17, 15) is 5.11 Å². The summed E-state index contributed by atoms with van der Waals surface area (Å²) >= 11 is 0. The molecule has 1 aliphatic carbocycles. The molecular weight excluding hydrogens is 238 g/mol. The van der Waals surface area contributed by atoms with Gasteiger partial charge < -0.3 is 15.3 Å². The molecule has 0 saturated heterocycles. The van der Waals surface area contributed by atoms with Gasteiger partial charge in [-0.05, 0) is 25.0 Å². The summed E-state index contributed by atoms with van der Waals surface area (Å²) < 4.78 is 0. The number of anilines is 1. The van der Waals surface area contributed by atoms with Crippen LogP contribution in [0.1, 0.15) is 19.3 Å². The monoisotopic (exact) mass is 259 g/mol. The summed E-state index contributed by atoms with van der Waals surface area (Å²) in [5.74, 6) is 0. The molecule has 0 radical (unpaired) electrons. The summed E-state index contributed by atoms with van der Waals surface area (Å²) in [5, 5.41) is 22.1. The van der Waals surface area contributed by atoms with Gasteiger partial charge in [-0.2, -0.15) is 5.26 Å². The SMILES string of the molecule is N#CCCN(CC(O)CNC1CC1)c1ccccc1. The predicted octanol–water partition coefficient (Wildman–Crippen LogP) is 1.52. The second-order valence-corrected chi connectivity index (χ2v) is 5.03. The molecule has 0 amide bonds. The fourth-order valence-electron chi connectivity index (χ4n) is 2.06. The molecule has 0 aliphatic heterocycles. The Morgan fingerprint density at radius 2 is 2.11 bits per heavy atom. The van der Waals surface area contributed by atoms with Crippen LogP contribution in [0.3, 0.4) is 0 Å². The van der Waals surface area contributed by atoms with Crippen molar-refractivity contribution in [2.75, 3.05) is 24.5 Å². The van der Waals surface area contributed by atoms with Crippen LogP contribution in [-0.2, 0) is 0 Å². The Hall–Kier alpha value is -1.57. The average molecular weight is 259 g/mol. The Bertz CT molecular complexity index is 411. The maximum atomic E-state index is 10.1. The lowest BCUT2D eigenvalue weighted by molar-refractivity contribution is 0.176. The van der Waals surface area contributed by atoms with E-state index in [-0.39, 0.29) is 0 Å². The molecule has 1 saturated carbocycles. The highest BCUT2D eigenvalue weighted by atomic mass is 16.3. The van der Waals surface area contributed by atoms with E-state index in [1.807, 2.05) is 30.3 Å². The molecule has 19 heavy (non-hydrogen) atoms. The molecule has 4 nitrogen and oxygen atoms in total. The minimum Gasteiger partial charge on any atom is -0.390 e. The number of para-hydroxylation sites is 1. The summed E-state index contributed by atoms with van der Waals surface area (Å²) in [7, 11) is 0. The normalized spacial score (nSPS) is 15.8. The highest BCUT2D eigenvalue weighted by Crippen LogP contribution is 2.18. The largest absolute Gasteiger partial charge is 0.390 e. The molecule has 102 valence electrons. The molecule has 2 rings (SSSR count). The first-order valence-corrected chi connectivity index (χ1v) is 6.88. The minimum absolute atomic E-state index is 0.403. The first-order chi connectivity index (χ1) is 9.29. The van der Waals surface area contributed by atoms with Crippen molar-refractivity contribution in [2.45, 2.75) is 31.4 Å². The summed E-state index contributed by atoms with van der Waals surface area (Å²) in [6.45, 7) is 1.84. The van der Waals surface area contributed by atoms with Crippen LogP contribution in [0.15, 0.2) is 30.3 Å². The maximum Gasteiger partial charge on any atom is 0.0839 e. The third-order valence-electron chi connectivity index (χ3n) is 3.27. The molecule has 0 aromatic heterocycles. The number of hydrogen-bond acceptors (Lipinski definition) is 4. The summed E-state index contributed by atoms with van der Waals surface area (Å²) in [4.78, 5) is 2.07. The lowest BCUT2D eigenvalue weighted by Crippen LogP contribution is -2.39. The Balaban J connectivity index is 1.87. The van der Waals surface area contributed by atoms with E-state index >= 15 is 0 Å². The zero-order valence-corrected chi connectivity index (χ0v) is 11.1. The lowest BCUT2D eigenvalue weighted by atomic mass is 10.2. The van der Waals surface area contributed by atoms with Crippen molar-refractivity contribution in [1.29, 1.82) is 5.26 Å². The molecule has 1 aliphatic rings. The third kappa shape index (κ3) is 4.90. The number of benzene rings is 1. The van der Waals surface area contributed by atoms with E-state index in [1.165, 1.54) is 12.8 Å². The number of nitriles is 1. The van der Waals surface area contributed by atoms with Crippen LogP contribution in [0, 0.1) is 11.3 Å². The Morgan fingerprint density at radius 1 is 1.37 bits per heavy atom. The van der Waals surface area contributed by atoms with Gasteiger partial charge in [0, 0.05) is 31.4 Å². The van der Waals surface area contributed by atoms with E-state index in [0.717, 1.165) is 5.69 Å². The van der Waals surface area contributed by atoms with Crippen LogP contribution in [-0.4, -0.2) is 36.9 Å². The van der Waals surface area contributed by atoms with Gasteiger partial charge in [0.15, 0.2) is 0 Å². The molecule has 0 spiro atoms. The van der Waals surface area contributed by atoms with Crippen molar-refractivity contribution < 1.29 is 5.11 Å². The van der Waals surface area contributed by atoms with Crippen LogP contribution < -0.4 is 10.2 Å². The van der Waals surface area contributed by atoms with Crippen LogP contribution in [0.4, 0.5) is 5.69 Å². The number of nitrogens with one attached hydrogen (secondary N) is 1. The molecular formula is C15H21N3O. The predicted molar refractivity (Wildman–Crippen MR) is 75.9 cm³/mol. The number of nitrogens with zero attached hydrogens (tertiary/aromatic N) is 2. The summed E-state index contributed by atoms with van der Waals surface area (Å²) in [6.07, 6.45) is 2.52. The van der Waals surface area contributed by atoms with E-state index < -0.39 is 6.10 Å². The molecule has 4 heteroatoms. The van der Waals surface area contributed by atoms with Crippen molar-refractivity contribution >= 4 is 5.69 Å². The van der Waals surface area contributed by atoms with Gasteiger partial charge in [0.2, 0.25) is 0 Å². The number of hydrogen-bond donors (Lipinski definition) is 2. The number of aliphatic hydroxyl groups is 1. The molecule has 1 atom stereocenters. The second kappa shape index (κ2) is 7.13. The quantitative estimate of drug-likeness (QED) is 0.743. The Kier molecular flexibility index (Phi) is 5.20. The Labute approximate surface area is 114 Å². The van der Waals surface area contributed by atoms with Crippen LogP contribution in [0.5, 0.6) is 0 Å². The van der Waals surface area contributed by atoms with Crippen molar-refractivity contribution in [3.05, 3.63) is 30.3 Å². The van der Waals surface area contributed by atoms with Crippen LogP contribution >= 0.6 is 0 Å². The standard InChI is InChI=1S/C15H21N3O/c16-9-4-10-18(14-5-2-1-3-6-14)12-15(19)11-17-13-7-8-13/h1-3,5-6,13,15,17,19H,4,7-8,10-12H2. The first kappa shape index (κ1) is 13.9. The Morgan fingerprint density at radius 3 is 2.74 bits per heavy atom. The van der Waals surface area contributed by atoms with E-state index in [4.69, 9.17) is 5.26 Å². The zero-order valence-electron chi connectivity index (χ0n) is 11.1. The molecule has 2 N–H and O–H groups in total. The van der Waals surface area contributed by atoms with E-state index in [2.05, 4.69) is 16.3 Å². The lowest BCUT2D eigenvalue weighted by Gasteiger charge is -2.26. The highest BCUT2D eigenvalue weighted by Gasteiger charge is 2.22. The number of aliphatic hydroxyl groups excluding tert-OH is 1. The molecule has 1 fully saturated rings. The van der Waals surface area contributed by atoms with Crippen molar-refractivity contribution in [3.63, 3.8) is 0 Å². The van der Waals surface area contributed by atoms with Gasteiger partial charge in [-0.25, -0.2) is 0 Å². The fourth-order valence-corrected chi connectivity index (χ4v) is 2.06. The van der Waals surface area contributed by atoms with E-state index in [0.29, 0.717) is 32.1 Å². The first-order valence-electron chi connectivity index (χ1n) is 6.88. The van der Waals surface area contributed by atoms with Gasteiger partial charge in [0.1, 0.15) is 0 Å². The van der Waals surface area contributed by atoms with Gasteiger partial charge in [-0.1, -0.05) is 18.2 Å². The van der Waals surface area contributed by atoms with Gasteiger partial charge in [0.25, 0.3) is 0 Å². The minimum atomic E-state index is -0.403. The van der Waals surface area contributed by atoms with Crippen LogP contribution in [0.25, 0.3) is 0 Å². The third-order valence-corrected chi connectivity index (χ3v) is 3.27. The average Bonchev–Trinajstić information content (AvgIpc) is 3.26. The molecule has 0 heterocycles. The highest BCUT2D eigenvalue weighted by molar-refractivity contribution is 5.46. The van der Waals surface area contributed by atoms with E-state index in [1.54, 1.807) is 0 Å². The molecule has 1 unspecified atom stereocenters. The second-order valence-electron chi connectivity index (χ2n) is 5.03. The maximum absolute atomic E-state index is 10.1. The topological polar surface area (TPSA) is 59.3 Å². The van der Waals surface area contributed by atoms with Crippen molar-refractivity contribution in [2.24, 2.45) is 0 Å². The van der Waals surface area contributed by atoms with Gasteiger partial charge >= 0.3 is 0 Å². The van der Waals surface area contributed by atoms with Crippen molar-refractivity contribution in [3.8, 4) is 6.07 Å². The van der Waals surface area contributed by atoms with Crippen LogP contribution in [0.2, 0.25) is 0 Å². The smallest absolute Gasteiger partial charge is 0.0839 e. The van der Waals surface area contributed by atoms with Gasteiger partial charge in [0.05, 0.1) is 18.6 Å². The van der Waals surface area contributed by atoms with Gasteiger partial charge in [-0.3, -0.25) is 0 Å². The fraction of sp³-hybridized carbons (Fsp3) is 0.533. The number of rotatable bonds is 8. The molecule has 0 bridgehead atoms. The summed E-state index contributed by atoms with van der Waals surface area (Å²) in [6, 6.07) is 12.7. The van der Waals surface area contributed by atoms with Gasteiger partial charge in [-0.15, -0.1) is 0 Å². The molecule has 1 aromatic rings.